The van der Waals surface area contributed by atoms with Crippen LogP contribution in [0.1, 0.15) is 22.8 Å². The van der Waals surface area contributed by atoms with E-state index in [4.69, 9.17) is 16.3 Å². The van der Waals surface area contributed by atoms with Crippen LogP contribution in [0, 0.1) is 6.92 Å². The highest BCUT2D eigenvalue weighted by atomic mass is 35.5. The Bertz CT molecular complexity index is 1170. The zero-order valence-corrected chi connectivity index (χ0v) is 16.8. The third kappa shape index (κ3) is 4.07. The molecule has 1 amide bonds. The lowest BCUT2D eigenvalue weighted by atomic mass is 10.1. The second-order valence-electron chi connectivity index (χ2n) is 6.53. The molecule has 0 aliphatic carbocycles. The highest BCUT2D eigenvalue weighted by Gasteiger charge is 2.12. The Morgan fingerprint density at radius 1 is 1.03 bits per heavy atom. The molecule has 0 radical (unpaired) electrons. The van der Waals surface area contributed by atoms with Crippen LogP contribution >= 0.6 is 11.6 Å². The first-order chi connectivity index (χ1) is 14.0. The summed E-state index contributed by atoms with van der Waals surface area (Å²) >= 11 is 5.95. The van der Waals surface area contributed by atoms with Crippen molar-refractivity contribution in [2.75, 3.05) is 11.9 Å². The molecule has 0 atom stereocenters. The molecular formula is C22H19ClN4O2. The van der Waals surface area contributed by atoms with E-state index in [1.807, 2.05) is 38.1 Å². The quantitative estimate of drug-likeness (QED) is 0.504. The van der Waals surface area contributed by atoms with E-state index in [-0.39, 0.29) is 5.91 Å². The summed E-state index contributed by atoms with van der Waals surface area (Å²) in [6, 6.07) is 18.1. The highest BCUT2D eigenvalue weighted by molar-refractivity contribution is 6.30. The van der Waals surface area contributed by atoms with Crippen LogP contribution in [0.3, 0.4) is 0 Å². The fourth-order valence-corrected chi connectivity index (χ4v) is 3.08. The van der Waals surface area contributed by atoms with Gasteiger partial charge in [-0.1, -0.05) is 11.6 Å². The predicted molar refractivity (Wildman–Crippen MR) is 114 cm³/mol. The number of rotatable bonds is 5. The summed E-state index contributed by atoms with van der Waals surface area (Å²) in [5.74, 6) is 0.543. The van der Waals surface area contributed by atoms with Gasteiger partial charge in [-0.3, -0.25) is 4.79 Å². The molecule has 7 heteroatoms. The second kappa shape index (κ2) is 7.93. The number of nitrogens with one attached hydrogen (secondary N) is 1. The van der Waals surface area contributed by atoms with Crippen LogP contribution in [-0.4, -0.2) is 27.5 Å². The molecule has 0 bridgehead atoms. The van der Waals surface area contributed by atoms with Crippen molar-refractivity contribution in [3.05, 3.63) is 76.8 Å². The highest BCUT2D eigenvalue weighted by Crippen LogP contribution is 2.23. The summed E-state index contributed by atoms with van der Waals surface area (Å²) in [5, 5.41) is 12.6. The van der Waals surface area contributed by atoms with Gasteiger partial charge in [-0.05, 0) is 80.1 Å². The van der Waals surface area contributed by atoms with Crippen LogP contribution in [0.25, 0.3) is 16.7 Å². The monoisotopic (exact) mass is 406 g/mol. The topological polar surface area (TPSA) is 69.0 Å². The SMILES string of the molecule is CCOc1ccc(C(=O)Nc2cc3nn(-c4ccc(Cl)cc4)nc3cc2C)cc1. The molecule has 0 aliphatic rings. The van der Waals surface area contributed by atoms with E-state index in [0.717, 1.165) is 22.5 Å². The van der Waals surface area contributed by atoms with Crippen LogP contribution in [0.4, 0.5) is 5.69 Å². The fraction of sp³-hybridized carbons (Fsp3) is 0.136. The summed E-state index contributed by atoms with van der Waals surface area (Å²) in [6.07, 6.45) is 0. The van der Waals surface area contributed by atoms with Crippen molar-refractivity contribution in [3.63, 3.8) is 0 Å². The second-order valence-corrected chi connectivity index (χ2v) is 6.97. The number of aromatic nitrogens is 3. The normalized spacial score (nSPS) is 10.9. The van der Waals surface area contributed by atoms with Gasteiger partial charge in [0, 0.05) is 16.3 Å². The van der Waals surface area contributed by atoms with Crippen molar-refractivity contribution in [2.24, 2.45) is 0 Å². The van der Waals surface area contributed by atoms with E-state index < -0.39 is 0 Å². The number of nitrogens with zero attached hydrogens (tertiary/aromatic N) is 3. The molecule has 0 aliphatic heterocycles. The van der Waals surface area contributed by atoms with Crippen molar-refractivity contribution in [1.29, 1.82) is 0 Å². The summed E-state index contributed by atoms with van der Waals surface area (Å²) in [4.78, 5) is 14.2. The van der Waals surface area contributed by atoms with E-state index >= 15 is 0 Å². The van der Waals surface area contributed by atoms with Gasteiger partial charge >= 0.3 is 0 Å². The Hall–Kier alpha value is -3.38. The Balaban J connectivity index is 1.59. The van der Waals surface area contributed by atoms with Gasteiger partial charge in [0.05, 0.1) is 12.3 Å². The zero-order valence-electron chi connectivity index (χ0n) is 16.0. The minimum atomic E-state index is -0.194. The fourth-order valence-electron chi connectivity index (χ4n) is 2.96. The molecule has 1 heterocycles. The summed E-state index contributed by atoms with van der Waals surface area (Å²) < 4.78 is 5.41. The van der Waals surface area contributed by atoms with Gasteiger partial charge in [0.25, 0.3) is 5.91 Å². The van der Waals surface area contributed by atoms with Crippen molar-refractivity contribution in [1.82, 2.24) is 15.0 Å². The van der Waals surface area contributed by atoms with Gasteiger partial charge in [0.2, 0.25) is 0 Å². The minimum absolute atomic E-state index is 0.194. The molecule has 4 rings (SSSR count). The van der Waals surface area contributed by atoms with Crippen LogP contribution < -0.4 is 10.1 Å². The number of anilines is 1. The zero-order chi connectivity index (χ0) is 20.4. The number of amides is 1. The lowest BCUT2D eigenvalue weighted by molar-refractivity contribution is 0.102. The first-order valence-corrected chi connectivity index (χ1v) is 9.59. The van der Waals surface area contributed by atoms with Gasteiger partial charge < -0.3 is 10.1 Å². The number of halogens is 1. The Morgan fingerprint density at radius 2 is 1.69 bits per heavy atom. The van der Waals surface area contributed by atoms with Crippen LogP contribution in [0.5, 0.6) is 5.75 Å². The Labute approximate surface area is 173 Å². The number of benzene rings is 3. The average Bonchev–Trinajstić information content (AvgIpc) is 3.12. The number of ether oxygens (including phenoxy) is 1. The first-order valence-electron chi connectivity index (χ1n) is 9.21. The smallest absolute Gasteiger partial charge is 0.255 e. The van der Waals surface area contributed by atoms with Gasteiger partial charge in [0.15, 0.2) is 0 Å². The third-order valence-corrected chi connectivity index (χ3v) is 4.71. The van der Waals surface area contributed by atoms with E-state index in [1.54, 1.807) is 41.2 Å². The molecular weight excluding hydrogens is 388 g/mol. The minimum Gasteiger partial charge on any atom is -0.494 e. The van der Waals surface area contributed by atoms with E-state index in [0.29, 0.717) is 28.4 Å². The lowest BCUT2D eigenvalue weighted by Crippen LogP contribution is -2.12. The van der Waals surface area contributed by atoms with Crippen molar-refractivity contribution < 1.29 is 9.53 Å². The predicted octanol–water partition coefficient (Wildman–Crippen LogP) is 5.03. The summed E-state index contributed by atoms with van der Waals surface area (Å²) in [6.45, 7) is 4.43. The molecule has 3 aromatic carbocycles. The van der Waals surface area contributed by atoms with Gasteiger partial charge in [-0.25, -0.2) is 0 Å². The molecule has 4 aromatic rings. The standard InChI is InChI=1S/C22H19ClN4O2/c1-3-29-18-10-4-15(5-11-18)22(28)24-19-13-21-20(12-14(19)2)25-27(26-21)17-8-6-16(23)7-9-17/h4-13H,3H2,1-2H3,(H,24,28). The maximum atomic E-state index is 12.6. The number of hydrogen-bond acceptors (Lipinski definition) is 4. The van der Waals surface area contributed by atoms with Crippen LogP contribution in [0.2, 0.25) is 5.02 Å². The number of hydrogen-bond donors (Lipinski definition) is 1. The maximum absolute atomic E-state index is 12.6. The molecule has 29 heavy (non-hydrogen) atoms. The maximum Gasteiger partial charge on any atom is 0.255 e. The molecule has 0 spiro atoms. The van der Waals surface area contributed by atoms with Gasteiger partial charge in [-0.15, -0.1) is 10.2 Å². The van der Waals surface area contributed by atoms with Crippen molar-refractivity contribution in [3.8, 4) is 11.4 Å². The molecule has 6 nitrogen and oxygen atoms in total. The molecule has 1 aromatic heterocycles. The molecule has 0 saturated carbocycles. The molecule has 146 valence electrons. The molecule has 0 fully saturated rings. The number of aryl methyl sites for hydroxylation is 1. The van der Waals surface area contributed by atoms with E-state index in [1.165, 1.54) is 0 Å². The van der Waals surface area contributed by atoms with Crippen molar-refractivity contribution in [2.45, 2.75) is 13.8 Å². The lowest BCUT2D eigenvalue weighted by Gasteiger charge is -2.09. The Morgan fingerprint density at radius 3 is 2.34 bits per heavy atom. The molecule has 1 N–H and O–H groups in total. The van der Waals surface area contributed by atoms with Gasteiger partial charge in [-0.2, -0.15) is 4.80 Å². The Kier molecular flexibility index (Phi) is 5.18. The molecule has 0 unspecified atom stereocenters. The third-order valence-electron chi connectivity index (χ3n) is 4.46. The summed E-state index contributed by atoms with van der Waals surface area (Å²) in [7, 11) is 0. The van der Waals surface area contributed by atoms with Gasteiger partial charge in [0.1, 0.15) is 16.8 Å². The van der Waals surface area contributed by atoms with Crippen LogP contribution in [-0.2, 0) is 0 Å². The molecule has 0 saturated heterocycles. The van der Waals surface area contributed by atoms with E-state index in [9.17, 15) is 4.79 Å². The number of carbonyl (C=O) groups is 1. The largest absolute Gasteiger partial charge is 0.494 e. The summed E-state index contributed by atoms with van der Waals surface area (Å²) in [5.41, 5.74) is 4.39. The number of fused-ring (bicyclic) bond motifs is 1. The average molecular weight is 407 g/mol. The van der Waals surface area contributed by atoms with Crippen LogP contribution in [0.15, 0.2) is 60.7 Å². The number of carbonyl (C=O) groups excluding carboxylic acids is 1. The first kappa shape index (κ1) is 19.0. The van der Waals surface area contributed by atoms with E-state index in [2.05, 4.69) is 15.5 Å². The van der Waals surface area contributed by atoms with Crippen molar-refractivity contribution >= 4 is 34.2 Å².